The van der Waals surface area contributed by atoms with Crippen molar-refractivity contribution in [1.82, 2.24) is 15.1 Å². The number of amides is 1. The van der Waals surface area contributed by atoms with Gasteiger partial charge in [0.15, 0.2) is 0 Å². The van der Waals surface area contributed by atoms with Crippen LogP contribution in [0.3, 0.4) is 0 Å². The molecule has 2 aliphatic carbocycles. The topological polar surface area (TPSA) is 73.2 Å². The highest BCUT2D eigenvalue weighted by atomic mass is 19.1. The zero-order chi connectivity index (χ0) is 19.7. The van der Waals surface area contributed by atoms with Crippen molar-refractivity contribution in [2.75, 3.05) is 13.7 Å². The maximum atomic E-state index is 13.4. The van der Waals surface area contributed by atoms with Crippen LogP contribution in [0.4, 0.5) is 4.39 Å². The third-order valence-electron chi connectivity index (χ3n) is 5.58. The fourth-order valence-corrected chi connectivity index (χ4v) is 4.15. The number of carbonyl (C=O) groups is 1. The number of ether oxygens (including phenoxy) is 1. The fourth-order valence-electron chi connectivity index (χ4n) is 4.15. The van der Waals surface area contributed by atoms with Gasteiger partial charge < -0.3 is 10.1 Å². The molecule has 2 bridgehead atoms. The highest BCUT2D eigenvalue weighted by Gasteiger charge is 2.35. The molecule has 6 nitrogen and oxygen atoms in total. The highest BCUT2D eigenvalue weighted by Crippen LogP contribution is 2.42. The molecule has 1 amide bonds. The van der Waals surface area contributed by atoms with E-state index in [4.69, 9.17) is 4.74 Å². The van der Waals surface area contributed by atoms with Gasteiger partial charge >= 0.3 is 0 Å². The first kappa shape index (κ1) is 18.4. The summed E-state index contributed by atoms with van der Waals surface area (Å²) in [7, 11) is 1.44. The summed E-state index contributed by atoms with van der Waals surface area (Å²) in [5.41, 5.74) is 0.608. The Labute approximate surface area is 162 Å². The molecule has 1 aromatic heterocycles. The zero-order valence-electron chi connectivity index (χ0n) is 15.6. The number of halogens is 1. The van der Waals surface area contributed by atoms with Gasteiger partial charge in [0.1, 0.15) is 18.1 Å². The standard InChI is InChI=1S/C21H22FN3O3/c1-28-19-10-16(22)4-5-17(19)18-6-7-21(27)25(24-18)12-20(26)23-11-15-9-13-2-3-14(15)8-13/h2-7,10,13-15H,8-9,11-12H2,1H3,(H,23,26)/t13-,14+,15+/m0/s1. The Kier molecular flexibility index (Phi) is 4.98. The molecule has 1 aromatic carbocycles. The largest absolute Gasteiger partial charge is 0.496 e. The molecule has 1 heterocycles. The van der Waals surface area contributed by atoms with E-state index in [1.165, 1.54) is 43.9 Å². The fraction of sp³-hybridized carbons (Fsp3) is 0.381. The summed E-state index contributed by atoms with van der Waals surface area (Å²) >= 11 is 0. The van der Waals surface area contributed by atoms with Gasteiger partial charge in [-0.1, -0.05) is 12.2 Å². The maximum Gasteiger partial charge on any atom is 0.267 e. The van der Waals surface area contributed by atoms with E-state index in [1.807, 2.05) is 0 Å². The molecule has 0 unspecified atom stereocenters. The Hall–Kier alpha value is -2.96. The molecule has 0 spiro atoms. The molecule has 0 radical (unpaired) electrons. The van der Waals surface area contributed by atoms with Gasteiger partial charge in [0.2, 0.25) is 5.91 Å². The quantitative estimate of drug-likeness (QED) is 0.778. The van der Waals surface area contributed by atoms with Crippen LogP contribution < -0.4 is 15.6 Å². The normalized spacial score (nSPS) is 22.4. The van der Waals surface area contributed by atoms with Crippen LogP contribution in [0.2, 0.25) is 0 Å². The number of benzene rings is 1. The summed E-state index contributed by atoms with van der Waals surface area (Å²) in [6.45, 7) is 0.456. The van der Waals surface area contributed by atoms with Crippen LogP contribution in [0, 0.1) is 23.6 Å². The Morgan fingerprint density at radius 1 is 1.29 bits per heavy atom. The van der Waals surface area contributed by atoms with E-state index < -0.39 is 5.82 Å². The zero-order valence-corrected chi connectivity index (χ0v) is 15.6. The molecule has 0 saturated heterocycles. The molecular formula is C21H22FN3O3. The average Bonchev–Trinajstić information content (AvgIpc) is 3.31. The molecular weight excluding hydrogens is 361 g/mol. The van der Waals surface area contributed by atoms with Crippen LogP contribution in [0.5, 0.6) is 5.75 Å². The molecule has 3 atom stereocenters. The smallest absolute Gasteiger partial charge is 0.267 e. The van der Waals surface area contributed by atoms with Crippen molar-refractivity contribution < 1.29 is 13.9 Å². The molecule has 1 N–H and O–H groups in total. The van der Waals surface area contributed by atoms with E-state index >= 15 is 0 Å². The van der Waals surface area contributed by atoms with Crippen LogP contribution in [0.15, 0.2) is 47.3 Å². The van der Waals surface area contributed by atoms with Gasteiger partial charge in [-0.3, -0.25) is 9.59 Å². The maximum absolute atomic E-state index is 13.4. The summed E-state index contributed by atoms with van der Waals surface area (Å²) in [5, 5.41) is 7.20. The number of hydrogen-bond acceptors (Lipinski definition) is 4. The van der Waals surface area contributed by atoms with Gasteiger partial charge in [-0.2, -0.15) is 5.10 Å². The van der Waals surface area contributed by atoms with Crippen LogP contribution in [0.25, 0.3) is 11.3 Å². The second kappa shape index (κ2) is 7.58. The van der Waals surface area contributed by atoms with E-state index in [9.17, 15) is 14.0 Å². The first-order valence-electron chi connectivity index (χ1n) is 9.40. The summed E-state index contributed by atoms with van der Waals surface area (Å²) < 4.78 is 19.7. The van der Waals surface area contributed by atoms with Gasteiger partial charge in [0.05, 0.1) is 12.8 Å². The molecule has 2 aliphatic rings. The van der Waals surface area contributed by atoms with Crippen LogP contribution >= 0.6 is 0 Å². The lowest BCUT2D eigenvalue weighted by Gasteiger charge is -2.18. The van der Waals surface area contributed by atoms with Crippen molar-refractivity contribution in [2.45, 2.75) is 19.4 Å². The van der Waals surface area contributed by atoms with Gasteiger partial charge in [0, 0.05) is 24.2 Å². The van der Waals surface area contributed by atoms with Crippen molar-refractivity contribution >= 4 is 5.91 Å². The van der Waals surface area contributed by atoms with E-state index in [0.29, 0.717) is 41.3 Å². The number of rotatable bonds is 6. The number of fused-ring (bicyclic) bond motifs is 2. The summed E-state index contributed by atoms with van der Waals surface area (Å²) in [5.74, 6) is 1.32. The lowest BCUT2D eigenvalue weighted by Crippen LogP contribution is -2.36. The van der Waals surface area contributed by atoms with E-state index in [2.05, 4.69) is 22.6 Å². The molecule has 1 saturated carbocycles. The second-order valence-electron chi connectivity index (χ2n) is 7.40. The predicted octanol–water partition coefficient (Wildman–Crippen LogP) is 2.39. The Balaban J connectivity index is 1.46. The number of hydrogen-bond donors (Lipinski definition) is 1. The van der Waals surface area contributed by atoms with Crippen molar-refractivity contribution in [3.05, 3.63) is 58.7 Å². The Bertz CT molecular complexity index is 985. The Morgan fingerprint density at radius 3 is 2.86 bits per heavy atom. The third-order valence-corrected chi connectivity index (χ3v) is 5.58. The lowest BCUT2D eigenvalue weighted by molar-refractivity contribution is -0.122. The summed E-state index contributed by atoms with van der Waals surface area (Å²) in [6.07, 6.45) is 6.81. The van der Waals surface area contributed by atoms with E-state index in [1.54, 1.807) is 0 Å². The molecule has 146 valence electrons. The van der Waals surface area contributed by atoms with E-state index in [0.717, 1.165) is 11.1 Å². The minimum atomic E-state index is -0.427. The second-order valence-corrected chi connectivity index (χ2v) is 7.40. The van der Waals surface area contributed by atoms with Crippen molar-refractivity contribution in [1.29, 1.82) is 0 Å². The summed E-state index contributed by atoms with van der Waals surface area (Å²) in [6, 6.07) is 6.97. The molecule has 28 heavy (non-hydrogen) atoms. The molecule has 7 heteroatoms. The monoisotopic (exact) mass is 383 g/mol. The molecule has 1 fully saturated rings. The molecule has 2 aromatic rings. The number of nitrogens with zero attached hydrogens (tertiary/aromatic N) is 2. The summed E-state index contributed by atoms with van der Waals surface area (Å²) in [4.78, 5) is 24.5. The van der Waals surface area contributed by atoms with Gasteiger partial charge in [0.25, 0.3) is 5.56 Å². The van der Waals surface area contributed by atoms with Gasteiger partial charge in [-0.25, -0.2) is 9.07 Å². The van der Waals surface area contributed by atoms with Gasteiger partial charge in [-0.15, -0.1) is 0 Å². The van der Waals surface area contributed by atoms with E-state index in [-0.39, 0.29) is 18.0 Å². The SMILES string of the molecule is COc1cc(F)ccc1-c1ccc(=O)n(CC(=O)NC[C@H]2C[C@H]3C=C[C@@H]2C3)n1. The highest BCUT2D eigenvalue weighted by molar-refractivity contribution is 5.75. The first-order valence-corrected chi connectivity index (χ1v) is 9.40. The van der Waals surface area contributed by atoms with Crippen LogP contribution in [-0.2, 0) is 11.3 Å². The minimum absolute atomic E-state index is 0.160. The van der Waals surface area contributed by atoms with Crippen molar-refractivity contribution in [2.24, 2.45) is 17.8 Å². The van der Waals surface area contributed by atoms with Crippen molar-refractivity contribution in [3.63, 3.8) is 0 Å². The van der Waals surface area contributed by atoms with Crippen molar-refractivity contribution in [3.8, 4) is 17.0 Å². The number of nitrogens with one attached hydrogen (secondary N) is 1. The number of carbonyl (C=O) groups excluding carboxylic acids is 1. The predicted molar refractivity (Wildman–Crippen MR) is 102 cm³/mol. The van der Waals surface area contributed by atoms with Gasteiger partial charge in [-0.05, 0) is 48.8 Å². The number of aromatic nitrogens is 2. The number of methoxy groups -OCH3 is 1. The number of allylic oxidation sites excluding steroid dienone is 2. The minimum Gasteiger partial charge on any atom is -0.496 e. The molecule has 4 rings (SSSR count). The third kappa shape index (κ3) is 3.69. The Morgan fingerprint density at radius 2 is 2.14 bits per heavy atom. The molecule has 0 aliphatic heterocycles. The average molecular weight is 383 g/mol. The lowest BCUT2D eigenvalue weighted by atomic mass is 9.94. The van der Waals surface area contributed by atoms with Crippen LogP contribution in [0.1, 0.15) is 12.8 Å². The van der Waals surface area contributed by atoms with Crippen LogP contribution in [-0.4, -0.2) is 29.3 Å². The first-order chi connectivity index (χ1) is 13.5.